The number of aromatic hydroxyl groups is 1. The van der Waals surface area contributed by atoms with Crippen LogP contribution in [0.15, 0.2) is 18.2 Å². The summed E-state index contributed by atoms with van der Waals surface area (Å²) in [7, 11) is 0. The topological polar surface area (TPSA) is 57.1 Å². The standard InChI is InChI=1S/C16H25NO2/c1-4-16(5-2)13-10-12(18)8-7-11(13)9-14(15(16)17)19-6-3/h7-8,10,14-15,18H,4-6,9,17H2,1-3H3/p+1. The maximum Gasteiger partial charge on any atom is 0.121 e. The SMILES string of the molecule is CCOC1Cc2ccc(O)cc2C(CC)(CC)C1[NH3+]. The lowest BCUT2D eigenvalue weighted by Gasteiger charge is -2.44. The molecule has 0 heterocycles. The predicted molar refractivity (Wildman–Crippen MR) is 76.2 cm³/mol. The summed E-state index contributed by atoms with van der Waals surface area (Å²) >= 11 is 0. The van der Waals surface area contributed by atoms with Crippen molar-refractivity contribution < 1.29 is 15.6 Å². The maximum absolute atomic E-state index is 9.82. The van der Waals surface area contributed by atoms with Gasteiger partial charge in [-0.2, -0.15) is 0 Å². The van der Waals surface area contributed by atoms with Gasteiger partial charge in [-0.05, 0) is 43.0 Å². The van der Waals surface area contributed by atoms with Crippen molar-refractivity contribution in [1.29, 1.82) is 0 Å². The van der Waals surface area contributed by atoms with Gasteiger partial charge in [0.2, 0.25) is 0 Å². The van der Waals surface area contributed by atoms with E-state index >= 15 is 0 Å². The van der Waals surface area contributed by atoms with E-state index < -0.39 is 0 Å². The Hall–Kier alpha value is -1.06. The van der Waals surface area contributed by atoms with E-state index in [2.05, 4.69) is 19.6 Å². The van der Waals surface area contributed by atoms with E-state index in [9.17, 15) is 5.11 Å². The minimum absolute atomic E-state index is 0.0200. The van der Waals surface area contributed by atoms with Crippen molar-refractivity contribution in [3.05, 3.63) is 29.3 Å². The third-order valence-corrected chi connectivity index (χ3v) is 4.85. The maximum atomic E-state index is 9.82. The molecule has 1 aliphatic carbocycles. The van der Waals surface area contributed by atoms with Crippen LogP contribution < -0.4 is 5.73 Å². The Morgan fingerprint density at radius 2 is 2.00 bits per heavy atom. The second-order valence-corrected chi connectivity index (χ2v) is 5.51. The lowest BCUT2D eigenvalue weighted by atomic mass is 9.63. The summed E-state index contributed by atoms with van der Waals surface area (Å²) in [5.41, 5.74) is 7.01. The molecule has 106 valence electrons. The molecule has 0 aliphatic heterocycles. The molecule has 3 nitrogen and oxygen atoms in total. The summed E-state index contributed by atoms with van der Waals surface area (Å²) in [5, 5.41) is 9.82. The highest BCUT2D eigenvalue weighted by Gasteiger charge is 2.48. The number of rotatable bonds is 4. The quantitative estimate of drug-likeness (QED) is 0.874. The summed E-state index contributed by atoms with van der Waals surface area (Å²) < 4.78 is 5.92. The molecule has 1 aromatic rings. The fourth-order valence-corrected chi connectivity index (χ4v) is 3.66. The Labute approximate surface area is 115 Å². The van der Waals surface area contributed by atoms with Crippen molar-refractivity contribution in [3.63, 3.8) is 0 Å². The molecular weight excluding hydrogens is 238 g/mol. The van der Waals surface area contributed by atoms with Crippen LogP contribution in [0.25, 0.3) is 0 Å². The van der Waals surface area contributed by atoms with Crippen LogP contribution in [-0.4, -0.2) is 23.9 Å². The molecule has 2 rings (SSSR count). The van der Waals surface area contributed by atoms with Gasteiger partial charge in [0.15, 0.2) is 0 Å². The molecule has 0 fully saturated rings. The van der Waals surface area contributed by atoms with E-state index in [0.29, 0.717) is 5.75 Å². The fraction of sp³-hybridized carbons (Fsp3) is 0.625. The van der Waals surface area contributed by atoms with Gasteiger partial charge in [0.05, 0.1) is 0 Å². The van der Waals surface area contributed by atoms with E-state index in [1.54, 1.807) is 6.07 Å². The number of fused-ring (bicyclic) bond motifs is 1. The van der Waals surface area contributed by atoms with Gasteiger partial charge in [-0.3, -0.25) is 0 Å². The second-order valence-electron chi connectivity index (χ2n) is 5.51. The Kier molecular flexibility index (Phi) is 4.16. The first-order valence-corrected chi connectivity index (χ1v) is 7.36. The molecule has 0 saturated carbocycles. The molecule has 0 radical (unpaired) electrons. The van der Waals surface area contributed by atoms with Gasteiger partial charge in [-0.1, -0.05) is 19.9 Å². The van der Waals surface area contributed by atoms with Crippen LogP contribution in [0.5, 0.6) is 5.75 Å². The summed E-state index contributed by atoms with van der Waals surface area (Å²) in [4.78, 5) is 0. The van der Waals surface area contributed by atoms with E-state index in [-0.39, 0.29) is 17.6 Å². The molecule has 0 saturated heterocycles. The van der Waals surface area contributed by atoms with Gasteiger partial charge in [0.1, 0.15) is 17.9 Å². The van der Waals surface area contributed by atoms with Gasteiger partial charge in [-0.25, -0.2) is 0 Å². The van der Waals surface area contributed by atoms with Crippen molar-refractivity contribution in [3.8, 4) is 5.75 Å². The zero-order valence-electron chi connectivity index (χ0n) is 12.3. The zero-order chi connectivity index (χ0) is 14.0. The predicted octanol–water partition coefficient (Wildman–Crippen LogP) is 2.02. The largest absolute Gasteiger partial charge is 0.508 e. The van der Waals surface area contributed by atoms with Crippen molar-refractivity contribution >= 4 is 0 Å². The Bertz CT molecular complexity index is 440. The summed E-state index contributed by atoms with van der Waals surface area (Å²) in [6, 6.07) is 5.99. The van der Waals surface area contributed by atoms with Crippen molar-refractivity contribution in [2.45, 2.75) is 57.6 Å². The first kappa shape index (κ1) is 14.4. The molecule has 0 bridgehead atoms. The molecule has 0 spiro atoms. The van der Waals surface area contributed by atoms with E-state index in [4.69, 9.17) is 4.74 Å². The number of quaternary nitrogens is 1. The minimum Gasteiger partial charge on any atom is -0.508 e. The summed E-state index contributed by atoms with van der Waals surface area (Å²) in [5.74, 6) is 0.354. The number of hydrogen-bond acceptors (Lipinski definition) is 2. The molecule has 0 aromatic heterocycles. The average Bonchev–Trinajstić information content (AvgIpc) is 2.41. The average molecular weight is 264 g/mol. The van der Waals surface area contributed by atoms with Crippen molar-refractivity contribution in [1.82, 2.24) is 0 Å². The molecule has 2 unspecified atom stereocenters. The Morgan fingerprint density at radius 1 is 1.32 bits per heavy atom. The van der Waals surface area contributed by atoms with Crippen molar-refractivity contribution in [2.24, 2.45) is 0 Å². The molecule has 2 atom stereocenters. The van der Waals surface area contributed by atoms with E-state index in [0.717, 1.165) is 25.9 Å². The Morgan fingerprint density at radius 3 is 2.58 bits per heavy atom. The third-order valence-electron chi connectivity index (χ3n) is 4.85. The van der Waals surface area contributed by atoms with Crippen LogP contribution in [0.1, 0.15) is 44.7 Å². The zero-order valence-corrected chi connectivity index (χ0v) is 12.3. The summed E-state index contributed by atoms with van der Waals surface area (Å²) in [6.07, 6.45) is 3.14. The number of ether oxygens (including phenoxy) is 1. The number of phenols is 1. The highest BCUT2D eigenvalue weighted by molar-refractivity contribution is 5.44. The van der Waals surface area contributed by atoms with Crippen LogP contribution in [0.4, 0.5) is 0 Å². The highest BCUT2D eigenvalue weighted by atomic mass is 16.5. The molecule has 19 heavy (non-hydrogen) atoms. The van der Waals surface area contributed by atoms with Gasteiger partial charge >= 0.3 is 0 Å². The lowest BCUT2D eigenvalue weighted by Crippen LogP contribution is -2.76. The first-order valence-electron chi connectivity index (χ1n) is 7.36. The van der Waals surface area contributed by atoms with Crippen LogP contribution in [0.3, 0.4) is 0 Å². The molecule has 3 heteroatoms. The van der Waals surface area contributed by atoms with Gasteiger partial charge in [-0.15, -0.1) is 0 Å². The van der Waals surface area contributed by atoms with E-state index in [1.807, 2.05) is 19.1 Å². The smallest absolute Gasteiger partial charge is 0.121 e. The number of benzene rings is 1. The number of phenolic OH excluding ortho intramolecular Hbond substituents is 1. The third kappa shape index (κ3) is 2.26. The first-order chi connectivity index (χ1) is 9.08. The molecular formula is C16H26NO2+. The minimum atomic E-state index is 0.0200. The number of hydrogen-bond donors (Lipinski definition) is 2. The fourth-order valence-electron chi connectivity index (χ4n) is 3.66. The van der Waals surface area contributed by atoms with Gasteiger partial charge < -0.3 is 15.6 Å². The van der Waals surface area contributed by atoms with Crippen LogP contribution in [0.2, 0.25) is 0 Å². The molecule has 4 N–H and O–H groups in total. The van der Waals surface area contributed by atoms with Gasteiger partial charge in [0.25, 0.3) is 0 Å². The molecule has 0 amide bonds. The van der Waals surface area contributed by atoms with Crippen LogP contribution in [-0.2, 0) is 16.6 Å². The monoisotopic (exact) mass is 264 g/mol. The summed E-state index contributed by atoms with van der Waals surface area (Å²) in [6.45, 7) is 7.19. The van der Waals surface area contributed by atoms with E-state index in [1.165, 1.54) is 11.1 Å². The highest BCUT2D eigenvalue weighted by Crippen LogP contribution is 2.43. The van der Waals surface area contributed by atoms with Gasteiger partial charge in [0, 0.05) is 18.4 Å². The van der Waals surface area contributed by atoms with Crippen LogP contribution >= 0.6 is 0 Å². The van der Waals surface area contributed by atoms with Crippen LogP contribution in [0, 0.1) is 0 Å². The normalized spacial score (nSPS) is 25.1. The second kappa shape index (κ2) is 5.51. The molecule has 1 aromatic carbocycles. The molecule has 1 aliphatic rings. The lowest BCUT2D eigenvalue weighted by molar-refractivity contribution is -0.460. The van der Waals surface area contributed by atoms with Crippen molar-refractivity contribution in [2.75, 3.05) is 6.61 Å². The Balaban J connectivity index is 2.53.